The molecule has 0 radical (unpaired) electrons. The Kier molecular flexibility index (Phi) is 5.28. The van der Waals surface area contributed by atoms with Crippen LogP contribution >= 0.6 is 0 Å². The standard InChI is InChI=1S/C22H25N3O3/c1-3-25(14-20-23-21(28-24-20)17-9-6-10-17)22(26)15(2)27-19-12-11-16-7-4-5-8-18(16)13-19/h4-5,7-8,11-13,15,17H,3,6,9-10,14H2,1-2H3/t15-/m1/s1. The van der Waals surface area contributed by atoms with Gasteiger partial charge in [-0.15, -0.1) is 0 Å². The molecule has 6 nitrogen and oxygen atoms in total. The van der Waals surface area contributed by atoms with Crippen LogP contribution in [0.1, 0.15) is 50.7 Å². The molecule has 3 aromatic rings. The van der Waals surface area contributed by atoms with Gasteiger partial charge in [-0.25, -0.2) is 0 Å². The SMILES string of the molecule is CCN(Cc1noc(C2CCC2)n1)C(=O)[C@@H](C)Oc1ccc2ccccc2c1. The zero-order chi connectivity index (χ0) is 19.5. The quantitative estimate of drug-likeness (QED) is 0.612. The molecule has 146 valence electrons. The number of likely N-dealkylation sites (N-methyl/N-ethyl adjacent to an activating group) is 1. The van der Waals surface area contributed by atoms with E-state index in [1.165, 1.54) is 6.42 Å². The van der Waals surface area contributed by atoms with Gasteiger partial charge < -0.3 is 14.2 Å². The Labute approximate surface area is 164 Å². The molecule has 1 amide bonds. The number of ether oxygens (including phenoxy) is 1. The van der Waals surface area contributed by atoms with Crippen LogP contribution in [0.4, 0.5) is 0 Å². The highest BCUT2D eigenvalue weighted by molar-refractivity contribution is 5.84. The first-order chi connectivity index (χ1) is 13.6. The number of hydrogen-bond acceptors (Lipinski definition) is 5. The van der Waals surface area contributed by atoms with E-state index in [2.05, 4.69) is 16.2 Å². The van der Waals surface area contributed by atoms with Crippen LogP contribution in [0.25, 0.3) is 10.8 Å². The smallest absolute Gasteiger partial charge is 0.263 e. The fraction of sp³-hybridized carbons (Fsp3) is 0.409. The molecule has 2 aromatic carbocycles. The van der Waals surface area contributed by atoms with Gasteiger partial charge in [0.15, 0.2) is 11.9 Å². The molecule has 4 rings (SSSR count). The summed E-state index contributed by atoms with van der Waals surface area (Å²) in [5, 5.41) is 6.27. The maximum absolute atomic E-state index is 12.9. The van der Waals surface area contributed by atoms with Crippen molar-refractivity contribution < 1.29 is 14.1 Å². The molecule has 0 spiro atoms. The molecule has 1 atom stereocenters. The highest BCUT2D eigenvalue weighted by atomic mass is 16.5. The largest absolute Gasteiger partial charge is 0.481 e. The fourth-order valence-electron chi connectivity index (χ4n) is 3.42. The highest BCUT2D eigenvalue weighted by Gasteiger charge is 2.27. The molecule has 1 fully saturated rings. The summed E-state index contributed by atoms with van der Waals surface area (Å²) in [7, 11) is 0. The Balaban J connectivity index is 1.40. The molecule has 1 saturated carbocycles. The van der Waals surface area contributed by atoms with E-state index in [4.69, 9.17) is 9.26 Å². The third-order valence-corrected chi connectivity index (χ3v) is 5.35. The van der Waals surface area contributed by atoms with Crippen LogP contribution in [0.2, 0.25) is 0 Å². The lowest BCUT2D eigenvalue weighted by atomic mass is 9.85. The third kappa shape index (κ3) is 3.86. The number of aromatic nitrogens is 2. The Morgan fingerprint density at radius 3 is 2.75 bits per heavy atom. The molecule has 1 aromatic heterocycles. The molecular formula is C22H25N3O3. The number of carbonyl (C=O) groups is 1. The predicted octanol–water partition coefficient (Wildman–Crippen LogP) is 4.31. The Morgan fingerprint density at radius 1 is 1.25 bits per heavy atom. The third-order valence-electron chi connectivity index (χ3n) is 5.35. The molecule has 0 unspecified atom stereocenters. The molecule has 0 saturated heterocycles. The number of nitrogens with zero attached hydrogens (tertiary/aromatic N) is 3. The van der Waals surface area contributed by atoms with Gasteiger partial charge in [-0.05, 0) is 49.6 Å². The number of carbonyl (C=O) groups excluding carboxylic acids is 1. The van der Waals surface area contributed by atoms with Gasteiger partial charge in [0.1, 0.15) is 5.75 Å². The van der Waals surface area contributed by atoms with Gasteiger partial charge in [0.25, 0.3) is 5.91 Å². The summed E-state index contributed by atoms with van der Waals surface area (Å²) < 4.78 is 11.3. The summed E-state index contributed by atoms with van der Waals surface area (Å²) in [6.07, 6.45) is 2.83. The van der Waals surface area contributed by atoms with E-state index in [0.29, 0.717) is 36.5 Å². The lowest BCUT2D eigenvalue weighted by Gasteiger charge is -2.24. The first kappa shape index (κ1) is 18.5. The maximum Gasteiger partial charge on any atom is 0.263 e. The number of rotatable bonds is 7. The minimum Gasteiger partial charge on any atom is -0.481 e. The summed E-state index contributed by atoms with van der Waals surface area (Å²) in [6, 6.07) is 13.9. The Bertz CT molecular complexity index is 964. The van der Waals surface area contributed by atoms with E-state index in [1.54, 1.807) is 11.8 Å². The monoisotopic (exact) mass is 379 g/mol. The van der Waals surface area contributed by atoms with Crippen LogP contribution in [0.5, 0.6) is 5.75 Å². The van der Waals surface area contributed by atoms with Crippen molar-refractivity contribution in [2.45, 2.75) is 51.7 Å². The molecule has 1 heterocycles. The highest BCUT2D eigenvalue weighted by Crippen LogP contribution is 2.35. The lowest BCUT2D eigenvalue weighted by molar-refractivity contribution is -0.138. The predicted molar refractivity (Wildman–Crippen MR) is 106 cm³/mol. The van der Waals surface area contributed by atoms with Gasteiger partial charge >= 0.3 is 0 Å². The Hall–Kier alpha value is -2.89. The van der Waals surface area contributed by atoms with Crippen LogP contribution in [-0.4, -0.2) is 33.6 Å². The van der Waals surface area contributed by atoms with E-state index >= 15 is 0 Å². The first-order valence-electron chi connectivity index (χ1n) is 9.90. The van der Waals surface area contributed by atoms with Crippen LogP contribution < -0.4 is 4.74 Å². The summed E-state index contributed by atoms with van der Waals surface area (Å²) in [5.74, 6) is 2.23. The van der Waals surface area contributed by atoms with Gasteiger partial charge in [0, 0.05) is 12.5 Å². The zero-order valence-electron chi connectivity index (χ0n) is 16.3. The van der Waals surface area contributed by atoms with Gasteiger partial charge in [-0.1, -0.05) is 41.9 Å². The van der Waals surface area contributed by atoms with Crippen molar-refractivity contribution in [1.82, 2.24) is 15.0 Å². The van der Waals surface area contributed by atoms with Gasteiger partial charge in [0.2, 0.25) is 5.89 Å². The van der Waals surface area contributed by atoms with E-state index in [0.717, 1.165) is 23.6 Å². The average molecular weight is 379 g/mol. The van der Waals surface area contributed by atoms with Crippen LogP contribution in [-0.2, 0) is 11.3 Å². The van der Waals surface area contributed by atoms with E-state index in [1.807, 2.05) is 43.3 Å². The summed E-state index contributed by atoms with van der Waals surface area (Å²) in [4.78, 5) is 19.0. The first-order valence-corrected chi connectivity index (χ1v) is 9.90. The molecule has 1 aliphatic rings. The second-order valence-electron chi connectivity index (χ2n) is 7.30. The minimum atomic E-state index is -0.598. The van der Waals surface area contributed by atoms with Crippen molar-refractivity contribution in [3.8, 4) is 5.75 Å². The summed E-state index contributed by atoms with van der Waals surface area (Å²) in [5.41, 5.74) is 0. The van der Waals surface area contributed by atoms with E-state index in [-0.39, 0.29) is 5.91 Å². The van der Waals surface area contributed by atoms with Gasteiger partial charge in [-0.2, -0.15) is 4.98 Å². The van der Waals surface area contributed by atoms with Crippen molar-refractivity contribution in [1.29, 1.82) is 0 Å². The van der Waals surface area contributed by atoms with E-state index < -0.39 is 6.10 Å². The van der Waals surface area contributed by atoms with Crippen molar-refractivity contribution in [2.24, 2.45) is 0 Å². The molecule has 0 bridgehead atoms. The number of amides is 1. The maximum atomic E-state index is 12.9. The molecular weight excluding hydrogens is 354 g/mol. The second kappa shape index (κ2) is 8.00. The van der Waals surface area contributed by atoms with Gasteiger partial charge in [-0.3, -0.25) is 4.79 Å². The molecule has 6 heteroatoms. The zero-order valence-corrected chi connectivity index (χ0v) is 16.3. The van der Waals surface area contributed by atoms with Crippen LogP contribution in [0, 0.1) is 0 Å². The number of hydrogen-bond donors (Lipinski definition) is 0. The average Bonchev–Trinajstić information content (AvgIpc) is 3.12. The molecule has 28 heavy (non-hydrogen) atoms. The molecule has 0 N–H and O–H groups in total. The van der Waals surface area contributed by atoms with Gasteiger partial charge in [0.05, 0.1) is 6.54 Å². The molecule has 0 aliphatic heterocycles. The van der Waals surface area contributed by atoms with Crippen molar-refractivity contribution in [2.75, 3.05) is 6.54 Å². The minimum absolute atomic E-state index is 0.0920. The number of benzene rings is 2. The fourth-order valence-corrected chi connectivity index (χ4v) is 3.42. The van der Waals surface area contributed by atoms with Crippen molar-refractivity contribution >= 4 is 16.7 Å². The van der Waals surface area contributed by atoms with Crippen LogP contribution in [0.3, 0.4) is 0 Å². The second-order valence-corrected chi connectivity index (χ2v) is 7.30. The summed E-state index contributed by atoms with van der Waals surface area (Å²) in [6.45, 7) is 4.60. The summed E-state index contributed by atoms with van der Waals surface area (Å²) >= 11 is 0. The van der Waals surface area contributed by atoms with Crippen molar-refractivity contribution in [3.05, 3.63) is 54.2 Å². The van der Waals surface area contributed by atoms with E-state index in [9.17, 15) is 4.79 Å². The molecule has 1 aliphatic carbocycles. The topological polar surface area (TPSA) is 68.5 Å². The van der Waals surface area contributed by atoms with Crippen molar-refractivity contribution in [3.63, 3.8) is 0 Å². The Morgan fingerprint density at radius 2 is 2.04 bits per heavy atom. The lowest BCUT2D eigenvalue weighted by Crippen LogP contribution is -2.40. The number of fused-ring (bicyclic) bond motifs is 1. The van der Waals surface area contributed by atoms with Crippen LogP contribution in [0.15, 0.2) is 47.0 Å². The normalized spacial score (nSPS) is 15.2.